The molecule has 40 heavy (non-hydrogen) atoms. The maximum atomic E-state index is 12.5. The topological polar surface area (TPSA) is 71.1 Å². The zero-order chi connectivity index (χ0) is 28.5. The maximum Gasteiger partial charge on any atom is 0.334 e. The highest BCUT2D eigenvalue weighted by atomic mass is 31.2. The summed E-state index contributed by atoms with van der Waals surface area (Å²) in [5.74, 6) is 0. The van der Waals surface area contributed by atoms with E-state index >= 15 is 0 Å². The molecule has 0 spiro atoms. The Hall–Kier alpha value is -3.21. The quantitative estimate of drug-likeness (QED) is 0.124. The van der Waals surface area contributed by atoms with E-state index in [9.17, 15) is 9.36 Å². The first-order valence-electron chi connectivity index (χ1n) is 12.6. The minimum Gasteiger partial charge on any atom is -0.332 e. The first-order valence-corrected chi connectivity index (χ1v) is 15.5. The van der Waals surface area contributed by atoms with Crippen LogP contribution in [-0.4, -0.2) is 34.0 Å². The molecule has 0 aliphatic carbocycles. The van der Waals surface area contributed by atoms with Crippen molar-refractivity contribution >= 4 is 56.6 Å². The lowest BCUT2D eigenvalue weighted by molar-refractivity contribution is 0.105. The summed E-state index contributed by atoms with van der Waals surface area (Å²) in [6.07, 6.45) is 8.52. The van der Waals surface area contributed by atoms with E-state index in [1.54, 1.807) is 12.1 Å². The third kappa shape index (κ3) is 7.30. The first-order chi connectivity index (χ1) is 19.4. The van der Waals surface area contributed by atoms with Gasteiger partial charge in [-0.25, -0.2) is 0 Å². The molecule has 0 fully saturated rings. The van der Waals surface area contributed by atoms with E-state index in [4.69, 9.17) is 18.1 Å². The molecule has 0 heterocycles. The number of hydrogen-bond donors (Lipinski definition) is 0. The Morgan fingerprint density at radius 3 is 1.95 bits per heavy atom. The van der Waals surface area contributed by atoms with E-state index in [0.29, 0.717) is 5.56 Å². The third-order valence-corrected chi connectivity index (χ3v) is 9.59. The van der Waals surface area contributed by atoms with Crippen molar-refractivity contribution in [2.24, 2.45) is 0 Å². The second-order valence-corrected chi connectivity index (χ2v) is 12.8. The van der Waals surface area contributed by atoms with Crippen LogP contribution in [0.4, 0.5) is 0 Å². The molecule has 0 bridgehead atoms. The first kappa shape index (κ1) is 29.8. The fraction of sp³-hybridized carbons (Fsp3) is 0.156. The highest BCUT2D eigenvalue weighted by molar-refractivity contribution is 7.66. The summed E-state index contributed by atoms with van der Waals surface area (Å²) in [5, 5.41) is 2.30. The zero-order valence-corrected chi connectivity index (χ0v) is 24.7. The number of carbonyl (C=O) groups is 1. The monoisotopic (exact) mass is 574 g/mol. The van der Waals surface area contributed by atoms with Gasteiger partial charge in [0, 0.05) is 34.0 Å². The summed E-state index contributed by atoms with van der Waals surface area (Å²) in [6, 6.07) is 27.8. The number of carbonyl (C=O) groups excluding carboxylic acids is 1. The summed E-state index contributed by atoms with van der Waals surface area (Å²) in [7, 11) is 1.03. The van der Waals surface area contributed by atoms with E-state index in [2.05, 4.69) is 42.5 Å². The molecule has 0 aliphatic rings. The van der Waals surface area contributed by atoms with Gasteiger partial charge in [-0.15, -0.1) is 0 Å². The van der Waals surface area contributed by atoms with Gasteiger partial charge in [0.1, 0.15) is 0 Å². The van der Waals surface area contributed by atoms with Crippen LogP contribution in [0.3, 0.4) is 0 Å². The molecule has 6 nitrogen and oxygen atoms in total. The summed E-state index contributed by atoms with van der Waals surface area (Å²) >= 11 is 0. The lowest BCUT2D eigenvalue weighted by atomic mass is 9.97. The zero-order valence-electron chi connectivity index (χ0n) is 22.9. The molecule has 8 heteroatoms. The average Bonchev–Trinajstić information content (AvgIpc) is 3.00. The van der Waals surface area contributed by atoms with Crippen LogP contribution in [0.5, 0.6) is 0 Å². The molecule has 0 atom stereocenters. The fourth-order valence-electron chi connectivity index (χ4n) is 4.25. The molecule has 4 aromatic rings. The summed E-state index contributed by atoms with van der Waals surface area (Å²) < 4.78 is 32.8. The van der Waals surface area contributed by atoms with Gasteiger partial charge in [0.15, 0.2) is 0 Å². The molecule has 0 unspecified atom stereocenters. The van der Waals surface area contributed by atoms with E-state index in [-0.39, 0.29) is 11.7 Å². The van der Waals surface area contributed by atoms with E-state index < -0.39 is 16.0 Å². The van der Waals surface area contributed by atoms with Gasteiger partial charge in [0.25, 0.3) is 0 Å². The third-order valence-electron chi connectivity index (χ3n) is 6.47. The van der Waals surface area contributed by atoms with Gasteiger partial charge in [-0.05, 0) is 38.6 Å². The van der Waals surface area contributed by atoms with Crippen molar-refractivity contribution in [3.05, 3.63) is 118 Å². The van der Waals surface area contributed by atoms with Crippen LogP contribution in [0.15, 0.2) is 84.9 Å². The fourth-order valence-corrected chi connectivity index (χ4v) is 6.16. The lowest BCUT2D eigenvalue weighted by Gasteiger charge is -2.13. The summed E-state index contributed by atoms with van der Waals surface area (Å²) in [4.78, 5) is 12.5. The molecule has 0 aliphatic heterocycles. The van der Waals surface area contributed by atoms with Crippen LogP contribution in [0.2, 0.25) is 0 Å². The Kier molecular flexibility index (Phi) is 10.4. The lowest BCUT2D eigenvalue weighted by Crippen LogP contribution is -1.99. The van der Waals surface area contributed by atoms with Gasteiger partial charge in [0.2, 0.25) is 13.9 Å². The molecule has 0 saturated heterocycles. The summed E-state index contributed by atoms with van der Waals surface area (Å²) in [5.41, 5.74) is 5.43. The molecule has 0 amide bonds. The normalized spacial score (nSPS) is 12.2. The Balaban J connectivity index is 1.59. The molecule has 4 rings (SSSR count). The molecule has 206 valence electrons. The predicted molar refractivity (Wildman–Crippen MR) is 165 cm³/mol. The van der Waals surface area contributed by atoms with Crippen LogP contribution in [-0.2, 0) is 28.8 Å². The Bertz CT molecular complexity index is 1550. The van der Waals surface area contributed by atoms with E-state index in [1.807, 2.05) is 54.6 Å². The van der Waals surface area contributed by atoms with Gasteiger partial charge >= 0.3 is 7.60 Å². The standard InChI is InChI=1S/C32H32O6P2/c1-35-39(36-2)32(33)29-18-14-25(15-19-29)13-17-28-21-20-27-7-5-6-8-30(27)31(28)22-16-24-9-11-26(12-10-24)23-40(34,37-3)38-4/h5-22H,23H2,1-4H3. The van der Waals surface area contributed by atoms with Gasteiger partial charge in [-0.3, -0.25) is 9.36 Å². The molecule has 0 N–H and O–H groups in total. The van der Waals surface area contributed by atoms with E-state index in [1.165, 1.54) is 28.4 Å². The van der Waals surface area contributed by atoms with E-state index in [0.717, 1.165) is 38.6 Å². The minimum absolute atomic E-state index is 0.156. The molecular weight excluding hydrogens is 542 g/mol. The number of benzene rings is 4. The van der Waals surface area contributed by atoms with Gasteiger partial charge in [-0.2, -0.15) is 0 Å². The predicted octanol–water partition coefficient (Wildman–Crippen LogP) is 8.91. The van der Waals surface area contributed by atoms with Crippen molar-refractivity contribution in [3.63, 3.8) is 0 Å². The minimum atomic E-state index is -3.12. The smallest absolute Gasteiger partial charge is 0.332 e. The largest absolute Gasteiger partial charge is 0.334 e. The molecule has 0 saturated carbocycles. The van der Waals surface area contributed by atoms with Crippen molar-refractivity contribution in [1.29, 1.82) is 0 Å². The average molecular weight is 575 g/mol. The van der Waals surface area contributed by atoms with Gasteiger partial charge in [-0.1, -0.05) is 109 Å². The van der Waals surface area contributed by atoms with Crippen molar-refractivity contribution in [3.8, 4) is 0 Å². The number of rotatable bonds is 12. The number of hydrogen-bond acceptors (Lipinski definition) is 6. The van der Waals surface area contributed by atoms with Crippen LogP contribution in [0, 0.1) is 0 Å². The SMILES string of the molecule is COP(OC)C(=O)c1ccc(C=Cc2ccc3ccccc3c2C=Cc2ccc(CP(=O)(OC)OC)cc2)cc1. The highest BCUT2D eigenvalue weighted by Crippen LogP contribution is 2.49. The van der Waals surface area contributed by atoms with Crippen LogP contribution in [0.25, 0.3) is 35.1 Å². The van der Waals surface area contributed by atoms with Crippen molar-refractivity contribution in [1.82, 2.24) is 0 Å². The maximum absolute atomic E-state index is 12.5. The Morgan fingerprint density at radius 1 is 0.725 bits per heavy atom. The molecule has 4 aromatic carbocycles. The Labute approximate surface area is 236 Å². The van der Waals surface area contributed by atoms with Crippen molar-refractivity contribution < 1.29 is 27.5 Å². The molecular formula is C32H32O6P2. The summed E-state index contributed by atoms with van der Waals surface area (Å²) in [6.45, 7) is 0. The van der Waals surface area contributed by atoms with Gasteiger partial charge in [0.05, 0.1) is 6.16 Å². The Morgan fingerprint density at radius 2 is 1.32 bits per heavy atom. The second kappa shape index (κ2) is 13.9. The van der Waals surface area contributed by atoms with Crippen LogP contribution in [0.1, 0.15) is 38.2 Å². The van der Waals surface area contributed by atoms with Crippen molar-refractivity contribution in [2.45, 2.75) is 6.16 Å². The van der Waals surface area contributed by atoms with Gasteiger partial charge < -0.3 is 18.1 Å². The number of fused-ring (bicyclic) bond motifs is 1. The highest BCUT2D eigenvalue weighted by Gasteiger charge is 2.21. The second-order valence-electron chi connectivity index (χ2n) is 8.88. The van der Waals surface area contributed by atoms with Crippen LogP contribution >= 0.6 is 16.0 Å². The van der Waals surface area contributed by atoms with Crippen LogP contribution < -0.4 is 0 Å². The molecule has 0 aromatic heterocycles. The van der Waals surface area contributed by atoms with Crippen molar-refractivity contribution in [2.75, 3.05) is 28.4 Å². The molecule has 0 radical (unpaired) electrons.